The summed E-state index contributed by atoms with van der Waals surface area (Å²) in [5.41, 5.74) is 1.55. The molecule has 2 amide bonds. The summed E-state index contributed by atoms with van der Waals surface area (Å²) < 4.78 is 16.4. The summed E-state index contributed by atoms with van der Waals surface area (Å²) in [5.74, 6) is 1.53. The van der Waals surface area contributed by atoms with Gasteiger partial charge in [0.25, 0.3) is 0 Å². The van der Waals surface area contributed by atoms with E-state index in [0.29, 0.717) is 49.1 Å². The highest BCUT2D eigenvalue weighted by atomic mass is 16.5. The molecule has 9 heteroatoms. The van der Waals surface area contributed by atoms with Crippen molar-refractivity contribution in [3.63, 3.8) is 0 Å². The molecule has 0 radical (unpaired) electrons. The molecule has 2 aliphatic rings. The third-order valence-corrected chi connectivity index (χ3v) is 5.68. The van der Waals surface area contributed by atoms with E-state index >= 15 is 0 Å². The van der Waals surface area contributed by atoms with Crippen molar-refractivity contribution in [2.45, 2.75) is 51.7 Å². The van der Waals surface area contributed by atoms with Crippen molar-refractivity contribution in [1.29, 1.82) is 0 Å². The van der Waals surface area contributed by atoms with Crippen LogP contribution >= 0.6 is 0 Å². The van der Waals surface area contributed by atoms with Crippen LogP contribution in [0.1, 0.15) is 38.7 Å². The van der Waals surface area contributed by atoms with E-state index in [1.165, 1.54) is 0 Å². The second-order valence-electron chi connectivity index (χ2n) is 8.84. The van der Waals surface area contributed by atoms with Crippen LogP contribution in [0.25, 0.3) is 0 Å². The number of carbonyl (C=O) groups is 2. The van der Waals surface area contributed by atoms with Crippen molar-refractivity contribution in [1.82, 2.24) is 10.2 Å². The molecule has 1 saturated heterocycles. The maximum atomic E-state index is 11.8. The number of β-amino-alcohol motifs (C(OH)–C–C–N with tert-alkyl or cyclic N) is 1. The Morgan fingerprint density at radius 1 is 1.22 bits per heavy atom. The summed E-state index contributed by atoms with van der Waals surface area (Å²) in [5, 5.41) is 16.3. The average molecular weight is 450 g/mol. The molecule has 1 aromatic carbocycles. The van der Waals surface area contributed by atoms with Crippen LogP contribution in [0.2, 0.25) is 0 Å². The molecule has 0 aromatic heterocycles. The zero-order valence-electron chi connectivity index (χ0n) is 19.2. The first-order valence-corrected chi connectivity index (χ1v) is 11.3. The number of alkyl carbamates (subject to hydrolysis) is 1. The van der Waals surface area contributed by atoms with Gasteiger partial charge in [0.05, 0.1) is 19.4 Å². The van der Waals surface area contributed by atoms with Crippen molar-refractivity contribution < 1.29 is 28.9 Å². The van der Waals surface area contributed by atoms with E-state index in [1.54, 1.807) is 13.2 Å². The Hall–Kier alpha value is -2.52. The quantitative estimate of drug-likeness (QED) is 0.530. The predicted molar refractivity (Wildman–Crippen MR) is 120 cm³/mol. The van der Waals surface area contributed by atoms with Gasteiger partial charge in [0.15, 0.2) is 0 Å². The molecule has 0 spiro atoms. The predicted octanol–water partition coefficient (Wildman–Crippen LogP) is 2.17. The van der Waals surface area contributed by atoms with E-state index in [1.807, 2.05) is 19.9 Å². The van der Waals surface area contributed by atoms with Gasteiger partial charge in [-0.15, -0.1) is 0 Å². The Morgan fingerprint density at radius 3 is 2.62 bits per heavy atom. The Kier molecular flexibility index (Phi) is 8.58. The van der Waals surface area contributed by atoms with Crippen LogP contribution in [0.5, 0.6) is 11.5 Å². The summed E-state index contributed by atoms with van der Waals surface area (Å²) in [4.78, 5) is 25.7. The van der Waals surface area contributed by atoms with Crippen LogP contribution in [0.4, 0.5) is 10.5 Å². The number of hydrogen-bond acceptors (Lipinski definition) is 7. The summed E-state index contributed by atoms with van der Waals surface area (Å²) in [6.07, 6.45) is 1.60. The second kappa shape index (κ2) is 11.4. The molecule has 1 aromatic rings. The first-order valence-electron chi connectivity index (χ1n) is 11.3. The summed E-state index contributed by atoms with van der Waals surface area (Å²) >= 11 is 0. The lowest BCUT2D eigenvalue weighted by molar-refractivity contribution is -0.116. The number of piperidine rings is 1. The number of anilines is 1. The number of nitrogens with zero attached hydrogens (tertiary/aromatic N) is 1. The topological polar surface area (TPSA) is 109 Å². The zero-order chi connectivity index (χ0) is 23.1. The molecule has 9 nitrogen and oxygen atoms in total. The Balaban J connectivity index is 1.43. The number of amides is 2. The number of hydrogen-bond donors (Lipinski definition) is 3. The zero-order valence-corrected chi connectivity index (χ0v) is 19.2. The number of ether oxygens (including phenoxy) is 3. The van der Waals surface area contributed by atoms with Crippen LogP contribution in [-0.2, 0) is 16.0 Å². The van der Waals surface area contributed by atoms with Crippen molar-refractivity contribution >= 4 is 17.7 Å². The molecule has 0 bridgehead atoms. The SMILES string of the molecule is COc1ccc(OCC(O)CN2CCC(NC(=O)OCC(C)C)CC2)c2c1NC(=O)CC2. The van der Waals surface area contributed by atoms with Gasteiger partial charge in [-0.2, -0.15) is 0 Å². The van der Waals surface area contributed by atoms with E-state index < -0.39 is 6.10 Å². The highest BCUT2D eigenvalue weighted by molar-refractivity contribution is 5.96. The molecule has 1 fully saturated rings. The maximum Gasteiger partial charge on any atom is 0.407 e. The van der Waals surface area contributed by atoms with Crippen LogP contribution in [-0.4, -0.2) is 74.1 Å². The van der Waals surface area contributed by atoms with Gasteiger partial charge in [0, 0.05) is 37.7 Å². The Bertz CT molecular complexity index is 792. The number of methoxy groups -OCH3 is 1. The number of aliphatic hydroxyl groups is 1. The molecule has 3 N–H and O–H groups in total. The van der Waals surface area contributed by atoms with Gasteiger partial charge in [0.1, 0.15) is 24.2 Å². The van der Waals surface area contributed by atoms with Gasteiger partial charge in [-0.1, -0.05) is 13.8 Å². The molecule has 0 aliphatic carbocycles. The molecule has 2 heterocycles. The second-order valence-corrected chi connectivity index (χ2v) is 8.84. The van der Waals surface area contributed by atoms with E-state index in [0.717, 1.165) is 31.5 Å². The molecular weight excluding hydrogens is 414 g/mol. The molecular formula is C23H35N3O6. The summed E-state index contributed by atoms with van der Waals surface area (Å²) in [6.45, 7) is 6.66. The molecule has 178 valence electrons. The van der Waals surface area contributed by atoms with E-state index in [9.17, 15) is 14.7 Å². The third-order valence-electron chi connectivity index (χ3n) is 5.68. The molecule has 1 unspecified atom stereocenters. The highest BCUT2D eigenvalue weighted by Crippen LogP contribution is 2.38. The fourth-order valence-corrected chi connectivity index (χ4v) is 3.99. The third kappa shape index (κ3) is 6.74. The number of nitrogens with one attached hydrogen (secondary N) is 2. The Morgan fingerprint density at radius 2 is 1.94 bits per heavy atom. The van der Waals surface area contributed by atoms with Gasteiger partial charge in [-0.25, -0.2) is 4.79 Å². The van der Waals surface area contributed by atoms with Crippen LogP contribution < -0.4 is 20.1 Å². The number of fused-ring (bicyclic) bond motifs is 1. The average Bonchev–Trinajstić information content (AvgIpc) is 2.77. The van der Waals surface area contributed by atoms with Gasteiger partial charge in [0.2, 0.25) is 5.91 Å². The maximum absolute atomic E-state index is 11.8. The van der Waals surface area contributed by atoms with Crippen molar-refractivity contribution in [2.75, 3.05) is 45.3 Å². The molecule has 32 heavy (non-hydrogen) atoms. The lowest BCUT2D eigenvalue weighted by atomic mass is 10.0. The Labute approximate surface area is 189 Å². The van der Waals surface area contributed by atoms with E-state index in [-0.39, 0.29) is 24.6 Å². The molecule has 2 aliphatic heterocycles. The number of likely N-dealkylation sites (tertiary alicyclic amines) is 1. The summed E-state index contributed by atoms with van der Waals surface area (Å²) in [6, 6.07) is 3.67. The lowest BCUT2D eigenvalue weighted by Gasteiger charge is -2.33. The minimum Gasteiger partial charge on any atom is -0.495 e. The van der Waals surface area contributed by atoms with Gasteiger partial charge in [-0.05, 0) is 37.3 Å². The van der Waals surface area contributed by atoms with Crippen LogP contribution in [0.3, 0.4) is 0 Å². The first-order chi connectivity index (χ1) is 15.4. The van der Waals surface area contributed by atoms with Crippen molar-refractivity contribution in [2.24, 2.45) is 5.92 Å². The van der Waals surface area contributed by atoms with E-state index in [4.69, 9.17) is 14.2 Å². The molecule has 0 saturated carbocycles. The van der Waals surface area contributed by atoms with Crippen LogP contribution in [0.15, 0.2) is 12.1 Å². The molecule has 1 atom stereocenters. The van der Waals surface area contributed by atoms with Gasteiger partial charge < -0.3 is 34.9 Å². The number of benzene rings is 1. The number of carbonyl (C=O) groups excluding carboxylic acids is 2. The van der Waals surface area contributed by atoms with Gasteiger partial charge >= 0.3 is 6.09 Å². The van der Waals surface area contributed by atoms with Crippen molar-refractivity contribution in [3.8, 4) is 11.5 Å². The molecule has 3 rings (SSSR count). The minimum atomic E-state index is -0.647. The fraction of sp³-hybridized carbons (Fsp3) is 0.652. The van der Waals surface area contributed by atoms with Crippen LogP contribution in [0, 0.1) is 5.92 Å². The minimum absolute atomic E-state index is 0.0425. The number of rotatable bonds is 9. The first kappa shape index (κ1) is 24.1. The fourth-order valence-electron chi connectivity index (χ4n) is 3.99. The number of aliphatic hydroxyl groups excluding tert-OH is 1. The van der Waals surface area contributed by atoms with E-state index in [2.05, 4.69) is 15.5 Å². The summed E-state index contributed by atoms with van der Waals surface area (Å²) in [7, 11) is 1.56. The smallest absolute Gasteiger partial charge is 0.407 e. The largest absolute Gasteiger partial charge is 0.495 e. The normalized spacial score (nSPS) is 18.0. The lowest BCUT2D eigenvalue weighted by Crippen LogP contribution is -2.47. The highest BCUT2D eigenvalue weighted by Gasteiger charge is 2.25. The van der Waals surface area contributed by atoms with Gasteiger partial charge in [-0.3, -0.25) is 4.79 Å². The standard InChI is InChI=1S/C23H35N3O6/c1-15(2)13-32-23(29)24-16-8-10-26(11-9-16)12-17(27)14-31-19-5-6-20(30-3)22-18(19)4-7-21(28)25-22/h5-6,15-17,27H,4,7-14H2,1-3H3,(H,24,29)(H,25,28). The van der Waals surface area contributed by atoms with Crippen molar-refractivity contribution in [3.05, 3.63) is 17.7 Å². The monoisotopic (exact) mass is 449 g/mol.